The topological polar surface area (TPSA) is 102 Å². The van der Waals surface area contributed by atoms with Gasteiger partial charge in [-0.2, -0.15) is 0 Å². The number of carbonyl (C=O) groups is 1. The molecular weight excluding hydrogens is 434 g/mol. The van der Waals surface area contributed by atoms with E-state index < -0.39 is 10.0 Å². The van der Waals surface area contributed by atoms with Gasteiger partial charge in [-0.15, -0.1) is 0 Å². The summed E-state index contributed by atoms with van der Waals surface area (Å²) in [4.78, 5) is 14.3. The molecule has 1 heterocycles. The average molecular weight is 454 g/mol. The van der Waals surface area contributed by atoms with Crippen molar-refractivity contribution < 1.29 is 17.9 Å². The number of rotatable bonds is 5. The van der Waals surface area contributed by atoms with Crippen LogP contribution in [0, 0.1) is 0 Å². The molecule has 1 atom stereocenters. The van der Waals surface area contributed by atoms with Gasteiger partial charge in [0.05, 0.1) is 24.2 Å². The van der Waals surface area contributed by atoms with Crippen LogP contribution in [0.25, 0.3) is 0 Å². The van der Waals surface area contributed by atoms with Crippen LogP contribution < -0.4 is 10.5 Å². The maximum absolute atomic E-state index is 12.3. The predicted molar refractivity (Wildman–Crippen MR) is 106 cm³/mol. The van der Waals surface area contributed by atoms with Gasteiger partial charge in [0.15, 0.2) is 0 Å². The Kier molecular flexibility index (Phi) is 6.28. The van der Waals surface area contributed by atoms with Crippen LogP contribution >= 0.6 is 15.9 Å². The lowest BCUT2D eigenvalue weighted by Gasteiger charge is -2.32. The fourth-order valence-corrected chi connectivity index (χ4v) is 3.64. The zero-order valence-corrected chi connectivity index (χ0v) is 16.9. The molecule has 1 fully saturated rings. The summed E-state index contributed by atoms with van der Waals surface area (Å²) in [5.41, 5.74) is 1.59. The Morgan fingerprint density at radius 2 is 1.85 bits per heavy atom. The first-order valence-corrected chi connectivity index (χ1v) is 10.7. The van der Waals surface area contributed by atoms with Crippen LogP contribution in [0.15, 0.2) is 57.9 Å². The highest BCUT2D eigenvalue weighted by atomic mass is 79.9. The van der Waals surface area contributed by atoms with Crippen molar-refractivity contribution in [3.8, 4) is 0 Å². The molecule has 0 aromatic heterocycles. The number of sulfonamides is 1. The van der Waals surface area contributed by atoms with Crippen LogP contribution in [0.5, 0.6) is 0 Å². The fourth-order valence-electron chi connectivity index (χ4n) is 2.86. The number of nitrogens with zero attached hydrogens (tertiary/aromatic N) is 1. The zero-order chi connectivity index (χ0) is 19.4. The second-order valence-corrected chi connectivity index (χ2v) is 8.74. The number of ether oxygens (including phenoxy) is 1. The summed E-state index contributed by atoms with van der Waals surface area (Å²) in [6.07, 6.45) is -0.0753. The normalized spacial score (nSPS) is 18.2. The minimum atomic E-state index is -3.74. The Morgan fingerprint density at radius 1 is 1.19 bits per heavy atom. The van der Waals surface area contributed by atoms with E-state index in [9.17, 15) is 13.2 Å². The largest absolute Gasteiger partial charge is 0.371 e. The summed E-state index contributed by atoms with van der Waals surface area (Å²) in [6.45, 7) is 2.08. The van der Waals surface area contributed by atoms with E-state index in [0.717, 1.165) is 10.0 Å². The Balaban J connectivity index is 1.56. The molecule has 7 nitrogen and oxygen atoms in total. The quantitative estimate of drug-likeness (QED) is 0.721. The zero-order valence-electron chi connectivity index (χ0n) is 14.5. The number of amides is 1. The molecule has 1 aliphatic rings. The second kappa shape index (κ2) is 8.49. The van der Waals surface area contributed by atoms with Gasteiger partial charge in [-0.3, -0.25) is 9.69 Å². The number of carbonyl (C=O) groups excluding carboxylic acids is 1. The van der Waals surface area contributed by atoms with Gasteiger partial charge in [0.25, 0.3) is 0 Å². The van der Waals surface area contributed by atoms with E-state index in [1.807, 2.05) is 29.2 Å². The molecule has 0 radical (unpaired) electrons. The predicted octanol–water partition coefficient (Wildman–Crippen LogP) is 2.11. The van der Waals surface area contributed by atoms with Gasteiger partial charge < -0.3 is 10.1 Å². The maximum Gasteiger partial charge on any atom is 0.238 e. The SMILES string of the molecule is NS(=O)(=O)c1ccc(NC(=O)CN2CCOC(c3ccc(Br)cc3)C2)cc1. The molecule has 9 heteroatoms. The summed E-state index contributed by atoms with van der Waals surface area (Å²) in [5, 5.41) is 7.83. The van der Waals surface area contributed by atoms with Gasteiger partial charge in [0.1, 0.15) is 0 Å². The number of primary sulfonamides is 1. The first-order chi connectivity index (χ1) is 12.8. The van der Waals surface area contributed by atoms with Crippen molar-refractivity contribution in [1.29, 1.82) is 0 Å². The third kappa shape index (κ3) is 5.60. The number of hydrogen-bond acceptors (Lipinski definition) is 5. The molecule has 0 aliphatic carbocycles. The molecule has 0 saturated carbocycles. The van der Waals surface area contributed by atoms with E-state index in [4.69, 9.17) is 9.88 Å². The van der Waals surface area contributed by atoms with E-state index in [2.05, 4.69) is 21.2 Å². The van der Waals surface area contributed by atoms with Gasteiger partial charge in [-0.25, -0.2) is 13.6 Å². The lowest BCUT2D eigenvalue weighted by atomic mass is 10.1. The van der Waals surface area contributed by atoms with Gasteiger partial charge in [0, 0.05) is 23.2 Å². The Labute approximate surface area is 166 Å². The molecule has 3 rings (SSSR count). The number of nitrogens with two attached hydrogens (primary N) is 1. The van der Waals surface area contributed by atoms with Crippen molar-refractivity contribution in [1.82, 2.24) is 4.90 Å². The number of benzene rings is 2. The standard InChI is InChI=1S/C18H20BrN3O4S/c19-14-3-1-13(2-4-14)17-11-22(9-10-26-17)12-18(23)21-15-5-7-16(8-6-15)27(20,24)25/h1-8,17H,9-12H2,(H,21,23)(H2,20,24,25). The van der Waals surface area contributed by atoms with Crippen molar-refractivity contribution in [2.75, 3.05) is 31.6 Å². The number of halogens is 1. The lowest BCUT2D eigenvalue weighted by Crippen LogP contribution is -2.42. The highest BCUT2D eigenvalue weighted by Gasteiger charge is 2.23. The van der Waals surface area contributed by atoms with Crippen molar-refractivity contribution in [3.05, 3.63) is 58.6 Å². The third-order valence-corrected chi connectivity index (χ3v) is 5.68. The molecule has 2 aromatic carbocycles. The molecule has 27 heavy (non-hydrogen) atoms. The minimum Gasteiger partial charge on any atom is -0.371 e. The highest BCUT2D eigenvalue weighted by Crippen LogP contribution is 2.23. The Morgan fingerprint density at radius 3 is 2.48 bits per heavy atom. The van der Waals surface area contributed by atoms with Crippen molar-refractivity contribution in [2.45, 2.75) is 11.0 Å². The third-order valence-electron chi connectivity index (χ3n) is 4.23. The molecule has 1 unspecified atom stereocenters. The maximum atomic E-state index is 12.3. The molecule has 2 aromatic rings. The number of morpholine rings is 1. The molecule has 3 N–H and O–H groups in total. The summed E-state index contributed by atoms with van der Waals surface area (Å²) in [7, 11) is -3.74. The van der Waals surface area contributed by atoms with E-state index >= 15 is 0 Å². The van der Waals surface area contributed by atoms with Crippen molar-refractivity contribution >= 4 is 37.5 Å². The summed E-state index contributed by atoms with van der Waals surface area (Å²) in [6, 6.07) is 13.7. The Hall–Kier alpha value is -1.78. The summed E-state index contributed by atoms with van der Waals surface area (Å²) >= 11 is 3.42. The minimum absolute atomic E-state index is 0.00557. The van der Waals surface area contributed by atoms with E-state index in [1.54, 1.807) is 0 Å². The number of anilines is 1. The van der Waals surface area contributed by atoms with Crippen LogP contribution in [0.4, 0.5) is 5.69 Å². The first kappa shape index (κ1) is 20.0. The van der Waals surface area contributed by atoms with Crippen LogP contribution in [0.2, 0.25) is 0 Å². The van der Waals surface area contributed by atoms with Crippen LogP contribution in [0.3, 0.4) is 0 Å². The smallest absolute Gasteiger partial charge is 0.238 e. The highest BCUT2D eigenvalue weighted by molar-refractivity contribution is 9.10. The van der Waals surface area contributed by atoms with Gasteiger partial charge in [-0.1, -0.05) is 28.1 Å². The molecule has 144 valence electrons. The van der Waals surface area contributed by atoms with E-state index in [1.165, 1.54) is 24.3 Å². The van der Waals surface area contributed by atoms with Gasteiger partial charge in [-0.05, 0) is 42.0 Å². The fraction of sp³-hybridized carbons (Fsp3) is 0.278. The summed E-state index contributed by atoms with van der Waals surface area (Å²) < 4.78 is 29.4. The van der Waals surface area contributed by atoms with Gasteiger partial charge in [0.2, 0.25) is 15.9 Å². The lowest BCUT2D eigenvalue weighted by molar-refractivity contribution is -0.119. The molecule has 0 spiro atoms. The first-order valence-electron chi connectivity index (χ1n) is 8.33. The van der Waals surface area contributed by atoms with Crippen molar-refractivity contribution in [2.24, 2.45) is 5.14 Å². The number of nitrogens with one attached hydrogen (secondary N) is 1. The van der Waals surface area contributed by atoms with Crippen LogP contribution in [-0.4, -0.2) is 45.5 Å². The number of hydrogen-bond donors (Lipinski definition) is 2. The monoisotopic (exact) mass is 453 g/mol. The molecule has 1 saturated heterocycles. The average Bonchev–Trinajstić information content (AvgIpc) is 2.62. The summed E-state index contributed by atoms with van der Waals surface area (Å²) in [5.74, 6) is -0.171. The van der Waals surface area contributed by atoms with E-state index in [0.29, 0.717) is 25.4 Å². The molecular formula is C18H20BrN3O4S. The second-order valence-electron chi connectivity index (χ2n) is 6.26. The Bertz CT molecular complexity index is 901. The molecule has 0 bridgehead atoms. The van der Waals surface area contributed by atoms with Crippen LogP contribution in [-0.2, 0) is 19.6 Å². The molecule has 1 amide bonds. The van der Waals surface area contributed by atoms with Gasteiger partial charge >= 0.3 is 0 Å². The molecule has 1 aliphatic heterocycles. The van der Waals surface area contributed by atoms with Crippen LogP contribution in [0.1, 0.15) is 11.7 Å². The van der Waals surface area contributed by atoms with Crippen molar-refractivity contribution in [3.63, 3.8) is 0 Å². The van der Waals surface area contributed by atoms with E-state index in [-0.39, 0.29) is 23.5 Å².